The lowest BCUT2D eigenvalue weighted by molar-refractivity contribution is 0.0702. The molecule has 1 saturated heterocycles. The van der Waals surface area contributed by atoms with Crippen LogP contribution in [-0.2, 0) is 10.0 Å². The van der Waals surface area contributed by atoms with Crippen molar-refractivity contribution in [2.45, 2.75) is 18.9 Å². The fraction of sp³-hybridized carbons (Fsp3) is 0.533. The second-order valence-electron chi connectivity index (χ2n) is 5.84. The lowest BCUT2D eigenvalue weighted by atomic mass is 10.0. The highest BCUT2D eigenvalue weighted by molar-refractivity contribution is 7.88. The number of amides is 1. The number of hydrogen-bond acceptors (Lipinski definition) is 5. The molecule has 7 nitrogen and oxygen atoms in total. The molecule has 8 heteroatoms. The minimum Gasteiger partial charge on any atom is -0.486 e. The summed E-state index contributed by atoms with van der Waals surface area (Å²) >= 11 is 0. The van der Waals surface area contributed by atoms with Crippen LogP contribution in [0.5, 0.6) is 11.5 Å². The minimum absolute atomic E-state index is 0.123. The van der Waals surface area contributed by atoms with Gasteiger partial charge >= 0.3 is 0 Å². The number of nitrogens with zero attached hydrogens (tertiary/aromatic N) is 1. The standard InChI is InChI=1S/C15H20N2O5S/c1-23(19,20)16-12-3-2-6-17(10-12)15(18)11-4-5-13-14(9-11)22-8-7-21-13/h4-5,9,12,16H,2-3,6-8,10H2,1H3. The van der Waals surface area contributed by atoms with E-state index in [1.165, 1.54) is 0 Å². The third-order valence-electron chi connectivity index (χ3n) is 3.88. The maximum atomic E-state index is 12.6. The molecule has 1 N–H and O–H groups in total. The number of likely N-dealkylation sites (tertiary alicyclic amines) is 1. The third kappa shape index (κ3) is 3.94. The van der Waals surface area contributed by atoms with Gasteiger partial charge in [-0.25, -0.2) is 13.1 Å². The fourth-order valence-electron chi connectivity index (χ4n) is 2.92. The highest BCUT2D eigenvalue weighted by Gasteiger charge is 2.27. The molecule has 1 fully saturated rings. The Labute approximate surface area is 135 Å². The van der Waals surface area contributed by atoms with Crippen LogP contribution >= 0.6 is 0 Å². The number of sulfonamides is 1. The molecule has 1 atom stereocenters. The van der Waals surface area contributed by atoms with E-state index in [0.29, 0.717) is 43.4 Å². The second-order valence-corrected chi connectivity index (χ2v) is 7.62. The van der Waals surface area contributed by atoms with E-state index in [9.17, 15) is 13.2 Å². The van der Waals surface area contributed by atoms with Gasteiger partial charge in [0.2, 0.25) is 10.0 Å². The van der Waals surface area contributed by atoms with Crippen LogP contribution in [0, 0.1) is 0 Å². The van der Waals surface area contributed by atoms with Gasteiger partial charge in [0.1, 0.15) is 13.2 Å². The van der Waals surface area contributed by atoms with Gasteiger partial charge in [-0.1, -0.05) is 0 Å². The number of hydrogen-bond donors (Lipinski definition) is 1. The molecule has 0 bridgehead atoms. The summed E-state index contributed by atoms with van der Waals surface area (Å²) in [5.41, 5.74) is 0.522. The predicted octanol–water partition coefficient (Wildman–Crippen LogP) is 0.612. The first-order valence-electron chi connectivity index (χ1n) is 7.58. The van der Waals surface area contributed by atoms with Gasteiger partial charge in [-0.3, -0.25) is 4.79 Å². The molecule has 0 aliphatic carbocycles. The zero-order valence-corrected chi connectivity index (χ0v) is 13.8. The molecule has 0 aromatic heterocycles. The van der Waals surface area contributed by atoms with E-state index >= 15 is 0 Å². The van der Waals surface area contributed by atoms with Gasteiger partial charge in [-0.2, -0.15) is 0 Å². The monoisotopic (exact) mass is 340 g/mol. The van der Waals surface area contributed by atoms with Crippen molar-refractivity contribution < 1.29 is 22.7 Å². The Balaban J connectivity index is 1.72. The molecule has 1 aromatic carbocycles. The maximum Gasteiger partial charge on any atom is 0.254 e. The second kappa shape index (κ2) is 6.37. The molecule has 2 heterocycles. The summed E-state index contributed by atoms with van der Waals surface area (Å²) in [6, 6.07) is 4.89. The van der Waals surface area contributed by atoms with E-state index in [-0.39, 0.29) is 11.9 Å². The summed E-state index contributed by atoms with van der Waals surface area (Å²) in [5.74, 6) is 1.09. The van der Waals surface area contributed by atoms with Crippen LogP contribution < -0.4 is 14.2 Å². The smallest absolute Gasteiger partial charge is 0.254 e. The summed E-state index contributed by atoms with van der Waals surface area (Å²) in [6.07, 6.45) is 2.63. The molecule has 2 aliphatic heterocycles. The van der Waals surface area contributed by atoms with Gasteiger partial charge in [0.25, 0.3) is 5.91 Å². The predicted molar refractivity (Wildman–Crippen MR) is 84.3 cm³/mol. The van der Waals surface area contributed by atoms with E-state index in [0.717, 1.165) is 19.1 Å². The summed E-state index contributed by atoms with van der Waals surface area (Å²) in [6.45, 7) is 1.97. The quantitative estimate of drug-likeness (QED) is 0.871. The van der Waals surface area contributed by atoms with Gasteiger partial charge in [0.15, 0.2) is 11.5 Å². The summed E-state index contributed by atoms with van der Waals surface area (Å²) in [4.78, 5) is 14.3. The number of ether oxygens (including phenoxy) is 2. The van der Waals surface area contributed by atoms with E-state index in [2.05, 4.69) is 4.72 Å². The van der Waals surface area contributed by atoms with Crippen molar-refractivity contribution in [2.75, 3.05) is 32.6 Å². The highest BCUT2D eigenvalue weighted by atomic mass is 32.2. The van der Waals surface area contributed by atoms with Gasteiger partial charge < -0.3 is 14.4 Å². The summed E-state index contributed by atoms with van der Waals surface area (Å²) in [7, 11) is -3.27. The fourth-order valence-corrected chi connectivity index (χ4v) is 3.72. The van der Waals surface area contributed by atoms with Crippen molar-refractivity contribution >= 4 is 15.9 Å². The molecule has 3 rings (SSSR count). The zero-order chi connectivity index (χ0) is 16.4. The highest BCUT2D eigenvalue weighted by Crippen LogP contribution is 2.31. The molecular formula is C15H20N2O5S. The van der Waals surface area contributed by atoms with Crippen molar-refractivity contribution in [3.63, 3.8) is 0 Å². The lowest BCUT2D eigenvalue weighted by Gasteiger charge is -2.33. The van der Waals surface area contributed by atoms with Crippen LogP contribution in [0.15, 0.2) is 18.2 Å². The molecule has 1 unspecified atom stereocenters. The lowest BCUT2D eigenvalue weighted by Crippen LogP contribution is -2.49. The van der Waals surface area contributed by atoms with Gasteiger partial charge in [-0.15, -0.1) is 0 Å². The first-order valence-corrected chi connectivity index (χ1v) is 9.48. The Morgan fingerprint density at radius 2 is 2.00 bits per heavy atom. The van der Waals surface area contributed by atoms with E-state index in [1.54, 1.807) is 23.1 Å². The average molecular weight is 340 g/mol. The molecule has 1 amide bonds. The van der Waals surface area contributed by atoms with Crippen LogP contribution in [0.3, 0.4) is 0 Å². The molecule has 126 valence electrons. The number of carbonyl (C=O) groups excluding carboxylic acids is 1. The van der Waals surface area contributed by atoms with Gasteiger partial charge in [-0.05, 0) is 31.0 Å². The van der Waals surface area contributed by atoms with Crippen LogP contribution in [-0.4, -0.2) is 57.8 Å². The number of fused-ring (bicyclic) bond motifs is 1. The minimum atomic E-state index is -3.27. The number of benzene rings is 1. The van der Waals surface area contributed by atoms with Crippen molar-refractivity contribution in [2.24, 2.45) is 0 Å². The topological polar surface area (TPSA) is 84.9 Å². The van der Waals surface area contributed by atoms with Crippen molar-refractivity contribution in [3.05, 3.63) is 23.8 Å². The van der Waals surface area contributed by atoms with E-state index < -0.39 is 10.0 Å². The average Bonchev–Trinajstić information content (AvgIpc) is 2.52. The van der Waals surface area contributed by atoms with Gasteiger partial charge in [0, 0.05) is 24.7 Å². The van der Waals surface area contributed by atoms with E-state index in [4.69, 9.17) is 9.47 Å². The van der Waals surface area contributed by atoms with Crippen LogP contribution in [0.25, 0.3) is 0 Å². The first kappa shape index (κ1) is 16.1. The van der Waals surface area contributed by atoms with Gasteiger partial charge in [0.05, 0.1) is 6.26 Å². The van der Waals surface area contributed by atoms with Crippen LogP contribution in [0.1, 0.15) is 23.2 Å². The normalized spacial score (nSPS) is 21.1. The molecule has 2 aliphatic rings. The SMILES string of the molecule is CS(=O)(=O)NC1CCCN(C(=O)c2ccc3c(c2)OCCO3)C1. The molecule has 0 saturated carbocycles. The van der Waals surface area contributed by atoms with Crippen molar-refractivity contribution in [1.29, 1.82) is 0 Å². The summed E-state index contributed by atoms with van der Waals surface area (Å²) < 4.78 is 36.3. The molecule has 23 heavy (non-hydrogen) atoms. The molecule has 0 spiro atoms. The number of nitrogens with one attached hydrogen (secondary N) is 1. The summed E-state index contributed by atoms with van der Waals surface area (Å²) in [5, 5.41) is 0. The Kier molecular flexibility index (Phi) is 4.45. The molecular weight excluding hydrogens is 320 g/mol. The van der Waals surface area contributed by atoms with Crippen molar-refractivity contribution in [1.82, 2.24) is 9.62 Å². The van der Waals surface area contributed by atoms with Crippen LogP contribution in [0.4, 0.5) is 0 Å². The molecule has 0 radical (unpaired) electrons. The zero-order valence-electron chi connectivity index (χ0n) is 12.9. The Morgan fingerprint density at radius 3 is 2.74 bits per heavy atom. The number of rotatable bonds is 3. The number of carbonyl (C=O) groups is 1. The molecule has 1 aromatic rings. The Morgan fingerprint density at radius 1 is 1.26 bits per heavy atom. The van der Waals surface area contributed by atoms with Crippen molar-refractivity contribution in [3.8, 4) is 11.5 Å². The Bertz CT molecular complexity index is 704. The number of piperidine rings is 1. The van der Waals surface area contributed by atoms with Crippen LogP contribution in [0.2, 0.25) is 0 Å². The van der Waals surface area contributed by atoms with E-state index in [1.807, 2.05) is 0 Å². The maximum absolute atomic E-state index is 12.6. The third-order valence-corrected chi connectivity index (χ3v) is 4.64. The Hall–Kier alpha value is -1.80. The first-order chi connectivity index (χ1) is 10.9. The largest absolute Gasteiger partial charge is 0.486 e.